The van der Waals surface area contributed by atoms with E-state index in [1.165, 1.54) is 0 Å². The number of ketones is 2. The summed E-state index contributed by atoms with van der Waals surface area (Å²) in [6.45, 7) is 7.43. The Balaban J connectivity index is 0.000000687. The molecular weight excluding hydrogens is 370 g/mol. The highest BCUT2D eigenvalue weighted by Crippen LogP contribution is 2.34. The lowest BCUT2D eigenvalue weighted by atomic mass is 10.0. The lowest BCUT2D eigenvalue weighted by Crippen LogP contribution is -2.50. The van der Waals surface area contributed by atoms with Crippen LogP contribution >= 0.6 is 0 Å². The highest BCUT2D eigenvalue weighted by molar-refractivity contribution is 6.04. The number of anilines is 1. The number of hydrogen-bond acceptors (Lipinski definition) is 6. The fourth-order valence-corrected chi connectivity index (χ4v) is 3.21. The third kappa shape index (κ3) is 5.36. The van der Waals surface area contributed by atoms with Crippen LogP contribution in [0.2, 0.25) is 0 Å². The van der Waals surface area contributed by atoms with Gasteiger partial charge in [-0.3, -0.25) is 14.4 Å². The molecule has 0 amide bonds. The van der Waals surface area contributed by atoms with Crippen LogP contribution in [0.5, 0.6) is 0 Å². The quantitative estimate of drug-likeness (QED) is 0.795. The summed E-state index contributed by atoms with van der Waals surface area (Å²) < 4.78 is 0. The van der Waals surface area contributed by atoms with Crippen molar-refractivity contribution in [3.63, 3.8) is 0 Å². The van der Waals surface area contributed by atoms with Crippen molar-refractivity contribution in [2.45, 2.75) is 20.3 Å². The van der Waals surface area contributed by atoms with E-state index < -0.39 is 5.97 Å². The first kappa shape index (κ1) is 22.0. The smallest absolute Gasteiger partial charge is 0.300 e. The van der Waals surface area contributed by atoms with Crippen LogP contribution in [0.25, 0.3) is 23.1 Å². The normalized spacial score (nSPS) is 14.6. The molecule has 0 atom stereocenters. The summed E-state index contributed by atoms with van der Waals surface area (Å²) in [5.41, 5.74) is 3.45. The van der Waals surface area contributed by atoms with Crippen molar-refractivity contribution in [3.05, 3.63) is 48.2 Å². The molecule has 0 aliphatic carbocycles. The van der Waals surface area contributed by atoms with Crippen LogP contribution < -0.4 is 5.01 Å². The zero-order valence-corrected chi connectivity index (χ0v) is 16.9. The van der Waals surface area contributed by atoms with Crippen molar-refractivity contribution >= 4 is 46.3 Å². The maximum atomic E-state index is 11.9. The number of hydrazine groups is 1. The molecule has 0 radical (unpaired) electrons. The van der Waals surface area contributed by atoms with Crippen LogP contribution in [0.1, 0.15) is 31.5 Å². The van der Waals surface area contributed by atoms with E-state index in [0.717, 1.165) is 34.8 Å². The van der Waals surface area contributed by atoms with Gasteiger partial charge in [-0.1, -0.05) is 36.9 Å². The molecule has 0 saturated carbocycles. The average molecular weight is 395 g/mol. The Morgan fingerprint density at radius 2 is 1.83 bits per heavy atom. The van der Waals surface area contributed by atoms with E-state index in [4.69, 9.17) is 14.9 Å². The monoisotopic (exact) mass is 395 g/mol. The Morgan fingerprint density at radius 1 is 1.24 bits per heavy atom. The molecule has 0 spiro atoms. The Kier molecular flexibility index (Phi) is 7.39. The molecule has 152 valence electrons. The minimum Gasteiger partial charge on any atom is -0.481 e. The Bertz CT molecular complexity index is 961. The lowest BCUT2D eigenvalue weighted by Gasteiger charge is -2.36. The third-order valence-electron chi connectivity index (χ3n) is 4.32. The number of fused-ring (bicyclic) bond motifs is 1. The second kappa shape index (κ2) is 9.75. The number of allylic oxidation sites excluding steroid dienone is 1. The number of Topliss-reactive ketones (excluding diaryl/α,β-unsaturated/α-hetero) is 2. The predicted octanol–water partition coefficient (Wildman–Crippen LogP) is 3.20. The predicted molar refractivity (Wildman–Crippen MR) is 114 cm³/mol. The standard InChI is InChI=1S/C20H21N3O2.C2H4O2/c1-4-8-18-16(5-2)20(17-9-6-7-10-19(17)21-18)22(3)23-12-14(24)11-15(25)13-23;1-2(3)4/h4-10H,2,11-13H2,1,3H3;1H3,(H,3,4)/b8-4-;. The van der Waals surface area contributed by atoms with Gasteiger partial charge in [0.25, 0.3) is 5.97 Å². The molecule has 0 unspecified atom stereocenters. The van der Waals surface area contributed by atoms with Crippen molar-refractivity contribution in [2.75, 3.05) is 25.1 Å². The topological polar surface area (TPSA) is 90.8 Å². The summed E-state index contributed by atoms with van der Waals surface area (Å²) in [5.74, 6) is -0.953. The number of pyridine rings is 1. The molecule has 1 fully saturated rings. The molecule has 0 bridgehead atoms. The van der Waals surface area contributed by atoms with Crippen LogP contribution in [-0.2, 0) is 14.4 Å². The van der Waals surface area contributed by atoms with E-state index in [1.54, 1.807) is 11.1 Å². The molecule has 1 saturated heterocycles. The number of nitrogens with zero attached hydrogens (tertiary/aromatic N) is 3. The van der Waals surface area contributed by atoms with E-state index in [2.05, 4.69) is 6.58 Å². The van der Waals surface area contributed by atoms with Crippen LogP contribution in [0, 0.1) is 0 Å². The van der Waals surface area contributed by atoms with Crippen LogP contribution in [0.3, 0.4) is 0 Å². The van der Waals surface area contributed by atoms with Crippen LogP contribution in [-0.4, -0.2) is 52.8 Å². The molecule has 1 aliphatic rings. The first-order chi connectivity index (χ1) is 13.8. The van der Waals surface area contributed by atoms with Gasteiger partial charge in [0.1, 0.15) is 0 Å². The molecule has 2 heterocycles. The highest BCUT2D eigenvalue weighted by Gasteiger charge is 2.28. The summed E-state index contributed by atoms with van der Waals surface area (Å²) in [6, 6.07) is 7.85. The van der Waals surface area contributed by atoms with E-state index in [9.17, 15) is 9.59 Å². The van der Waals surface area contributed by atoms with Crippen LogP contribution in [0.15, 0.2) is 36.9 Å². The second-order valence-corrected chi connectivity index (χ2v) is 6.60. The number of benzene rings is 1. The molecule has 1 aromatic heterocycles. The van der Waals surface area contributed by atoms with Gasteiger partial charge in [-0.2, -0.15) is 0 Å². The largest absolute Gasteiger partial charge is 0.481 e. The fourth-order valence-electron chi connectivity index (χ4n) is 3.21. The summed E-state index contributed by atoms with van der Waals surface area (Å²) >= 11 is 0. The summed E-state index contributed by atoms with van der Waals surface area (Å²) in [7, 11) is 1.88. The van der Waals surface area contributed by atoms with Gasteiger partial charge in [0.2, 0.25) is 0 Å². The SMILES string of the molecule is C=Cc1c(/C=C\C)nc2ccccc2c1N(C)N1CC(=O)CC(=O)C1.CC(=O)O. The average Bonchev–Trinajstić information content (AvgIpc) is 2.65. The van der Waals surface area contributed by atoms with E-state index >= 15 is 0 Å². The van der Waals surface area contributed by atoms with Gasteiger partial charge in [-0.15, -0.1) is 0 Å². The van der Waals surface area contributed by atoms with Gasteiger partial charge in [0.15, 0.2) is 11.6 Å². The molecule has 7 nitrogen and oxygen atoms in total. The maximum Gasteiger partial charge on any atom is 0.300 e. The Labute approximate surface area is 169 Å². The number of carbonyl (C=O) groups excluding carboxylic acids is 2. The van der Waals surface area contributed by atoms with Crippen molar-refractivity contribution in [1.29, 1.82) is 0 Å². The lowest BCUT2D eigenvalue weighted by molar-refractivity contribution is -0.135. The number of piperidine rings is 1. The maximum absolute atomic E-state index is 11.9. The molecule has 2 aromatic rings. The Morgan fingerprint density at radius 3 is 2.38 bits per heavy atom. The van der Waals surface area contributed by atoms with Crippen molar-refractivity contribution < 1.29 is 19.5 Å². The van der Waals surface area contributed by atoms with Crippen molar-refractivity contribution in [2.24, 2.45) is 0 Å². The van der Waals surface area contributed by atoms with Crippen molar-refractivity contribution in [3.8, 4) is 0 Å². The number of carbonyl (C=O) groups is 3. The number of carboxylic acids is 1. The van der Waals surface area contributed by atoms with Gasteiger partial charge >= 0.3 is 0 Å². The van der Waals surface area contributed by atoms with E-state index in [0.29, 0.717) is 0 Å². The molecule has 1 N–H and O–H groups in total. The number of rotatable bonds is 4. The van der Waals surface area contributed by atoms with Crippen LogP contribution in [0.4, 0.5) is 5.69 Å². The highest BCUT2D eigenvalue weighted by atomic mass is 16.4. The first-order valence-corrected chi connectivity index (χ1v) is 9.17. The second-order valence-electron chi connectivity index (χ2n) is 6.60. The van der Waals surface area contributed by atoms with E-state index in [-0.39, 0.29) is 31.1 Å². The molecular formula is C22H25N3O4. The minimum atomic E-state index is -0.833. The summed E-state index contributed by atoms with van der Waals surface area (Å²) in [5, 5.41) is 12.0. The van der Waals surface area contributed by atoms with E-state index in [1.807, 2.05) is 55.4 Å². The zero-order chi connectivity index (χ0) is 21.6. The molecule has 1 aliphatic heterocycles. The number of carboxylic acid groups (broad SMARTS) is 1. The number of para-hydroxylation sites is 1. The summed E-state index contributed by atoms with van der Waals surface area (Å²) in [4.78, 5) is 37.5. The van der Waals surface area contributed by atoms with Gasteiger partial charge in [-0.05, 0) is 19.1 Å². The molecule has 3 rings (SSSR count). The fraction of sp³-hybridized carbons (Fsp3) is 0.273. The van der Waals surface area contributed by atoms with Crippen molar-refractivity contribution in [1.82, 2.24) is 9.99 Å². The van der Waals surface area contributed by atoms with Gasteiger partial charge in [0, 0.05) is 24.9 Å². The summed E-state index contributed by atoms with van der Waals surface area (Å²) in [6.07, 6.45) is 5.67. The molecule has 1 aromatic carbocycles. The third-order valence-corrected chi connectivity index (χ3v) is 4.32. The van der Waals surface area contributed by atoms with Gasteiger partial charge in [-0.25, -0.2) is 9.99 Å². The minimum absolute atomic E-state index is 0.0274. The zero-order valence-electron chi connectivity index (χ0n) is 16.9. The number of aliphatic carboxylic acids is 1. The number of aromatic nitrogens is 1. The van der Waals surface area contributed by atoms with Gasteiger partial charge in [0.05, 0.1) is 36.4 Å². The Hall–Kier alpha value is -3.32. The molecule has 29 heavy (non-hydrogen) atoms. The van der Waals surface area contributed by atoms with Gasteiger partial charge < -0.3 is 10.1 Å². The number of hydrogen-bond donors (Lipinski definition) is 1. The first-order valence-electron chi connectivity index (χ1n) is 9.17. The molecule has 7 heteroatoms.